The van der Waals surface area contributed by atoms with E-state index in [1.807, 2.05) is 0 Å². The van der Waals surface area contributed by atoms with Crippen LogP contribution in [0.2, 0.25) is 0 Å². The number of carbonyl (C=O) groups excluding carboxylic acids is 1. The molecule has 0 aromatic heterocycles. The topological polar surface area (TPSA) is 32.8 Å². The third kappa shape index (κ3) is 2.42. The third-order valence-corrected chi connectivity index (χ3v) is 3.67. The molecule has 2 aliphatic rings. The smallest absolute Gasteiger partial charge is 0.266 e. The molecule has 0 bridgehead atoms. The van der Waals surface area contributed by atoms with E-state index in [1.54, 1.807) is 17.0 Å². The number of likely N-dealkylation sites (tertiary alicyclic amines) is 1. The van der Waals surface area contributed by atoms with Gasteiger partial charge in [-0.2, -0.15) is 0 Å². The van der Waals surface area contributed by atoms with Crippen LogP contribution in [0.1, 0.15) is 19.3 Å². The minimum atomic E-state index is -0.409. The van der Waals surface area contributed by atoms with Crippen molar-refractivity contribution in [2.24, 2.45) is 0 Å². The van der Waals surface area contributed by atoms with Crippen molar-refractivity contribution in [3.05, 3.63) is 24.0 Å². The highest BCUT2D eigenvalue weighted by Gasteiger charge is 2.29. The molecule has 0 saturated carbocycles. The number of fused-ring (bicyclic) bond motifs is 1. The fourth-order valence-corrected chi connectivity index (χ4v) is 2.65. The lowest BCUT2D eigenvalue weighted by atomic mass is 10.1. The van der Waals surface area contributed by atoms with E-state index in [0.717, 1.165) is 25.9 Å². The van der Waals surface area contributed by atoms with Crippen LogP contribution in [0.5, 0.6) is 5.75 Å². The molecule has 3 rings (SSSR count). The Kier molecular flexibility index (Phi) is 3.38. The van der Waals surface area contributed by atoms with Gasteiger partial charge in [-0.25, -0.2) is 4.39 Å². The summed E-state index contributed by atoms with van der Waals surface area (Å²) < 4.78 is 18.9. The summed E-state index contributed by atoms with van der Waals surface area (Å²) in [6.07, 6.45) is 3.57. The summed E-state index contributed by atoms with van der Waals surface area (Å²) in [6.45, 7) is 2.44. The van der Waals surface area contributed by atoms with E-state index in [-0.39, 0.29) is 18.3 Å². The van der Waals surface area contributed by atoms with Gasteiger partial charge < -0.3 is 4.74 Å². The molecule has 1 aromatic rings. The predicted octanol–water partition coefficient (Wildman–Crippen LogP) is 1.99. The van der Waals surface area contributed by atoms with E-state index < -0.39 is 5.82 Å². The first kappa shape index (κ1) is 12.4. The van der Waals surface area contributed by atoms with Gasteiger partial charge in [-0.1, -0.05) is 12.5 Å². The second-order valence-corrected chi connectivity index (χ2v) is 5.02. The molecule has 0 unspecified atom stereocenters. The zero-order valence-corrected chi connectivity index (χ0v) is 10.8. The zero-order chi connectivity index (χ0) is 13.2. The number of rotatable bonds is 2. The highest BCUT2D eigenvalue weighted by molar-refractivity contribution is 5.97. The van der Waals surface area contributed by atoms with Crippen LogP contribution in [-0.2, 0) is 4.79 Å². The quantitative estimate of drug-likeness (QED) is 0.819. The number of nitrogens with zero attached hydrogens (tertiary/aromatic N) is 2. The van der Waals surface area contributed by atoms with Crippen molar-refractivity contribution in [1.29, 1.82) is 0 Å². The Bertz CT molecular complexity index is 486. The lowest BCUT2D eigenvalue weighted by Crippen LogP contribution is -2.47. The second-order valence-electron chi connectivity index (χ2n) is 5.02. The molecule has 1 saturated heterocycles. The Morgan fingerprint density at radius 2 is 2.00 bits per heavy atom. The number of benzene rings is 1. The summed E-state index contributed by atoms with van der Waals surface area (Å²) >= 11 is 0. The number of hydrogen-bond acceptors (Lipinski definition) is 3. The lowest BCUT2D eigenvalue weighted by Gasteiger charge is -2.35. The van der Waals surface area contributed by atoms with Crippen molar-refractivity contribution in [3.8, 4) is 5.75 Å². The molecule has 0 N–H and O–H groups in total. The molecule has 4 nitrogen and oxygen atoms in total. The normalized spacial score (nSPS) is 20.1. The summed E-state index contributed by atoms with van der Waals surface area (Å²) in [5, 5.41) is 0. The van der Waals surface area contributed by atoms with Gasteiger partial charge in [-0.05, 0) is 38.1 Å². The van der Waals surface area contributed by atoms with E-state index in [0.29, 0.717) is 12.4 Å². The molecular weight excluding hydrogens is 247 g/mol. The van der Waals surface area contributed by atoms with Crippen molar-refractivity contribution < 1.29 is 13.9 Å². The molecular formula is C14H17FN2O2. The molecule has 0 spiro atoms. The highest BCUT2D eigenvalue weighted by Crippen LogP contribution is 2.34. The van der Waals surface area contributed by atoms with Crippen LogP contribution in [0, 0.1) is 5.82 Å². The number of ether oxygens (including phenoxy) is 1. The Morgan fingerprint density at radius 1 is 1.21 bits per heavy atom. The monoisotopic (exact) mass is 264 g/mol. The number of amides is 1. The number of piperidine rings is 1. The predicted molar refractivity (Wildman–Crippen MR) is 69.7 cm³/mol. The number of anilines is 1. The molecule has 0 atom stereocenters. The summed E-state index contributed by atoms with van der Waals surface area (Å²) in [4.78, 5) is 15.9. The maximum atomic E-state index is 13.7. The van der Waals surface area contributed by atoms with Crippen LogP contribution in [0.4, 0.5) is 10.1 Å². The Balaban J connectivity index is 1.84. The van der Waals surface area contributed by atoms with Crippen molar-refractivity contribution in [1.82, 2.24) is 4.90 Å². The average molecular weight is 264 g/mol. The molecule has 5 heteroatoms. The fourth-order valence-electron chi connectivity index (χ4n) is 2.65. The van der Waals surface area contributed by atoms with Crippen molar-refractivity contribution >= 4 is 11.6 Å². The van der Waals surface area contributed by atoms with Gasteiger partial charge in [0.2, 0.25) is 0 Å². The van der Waals surface area contributed by atoms with E-state index in [9.17, 15) is 9.18 Å². The summed E-state index contributed by atoms with van der Waals surface area (Å²) in [5.41, 5.74) is 0.543. The van der Waals surface area contributed by atoms with E-state index in [1.165, 1.54) is 12.5 Å². The van der Waals surface area contributed by atoms with Crippen LogP contribution in [0.25, 0.3) is 0 Å². The first-order valence-corrected chi connectivity index (χ1v) is 6.70. The molecule has 19 heavy (non-hydrogen) atoms. The van der Waals surface area contributed by atoms with Crippen LogP contribution >= 0.6 is 0 Å². The summed E-state index contributed by atoms with van der Waals surface area (Å²) in [6, 6.07) is 4.70. The zero-order valence-electron chi connectivity index (χ0n) is 10.8. The fraction of sp³-hybridized carbons (Fsp3) is 0.500. The molecule has 1 amide bonds. The van der Waals surface area contributed by atoms with Crippen LogP contribution in [-0.4, -0.2) is 37.2 Å². The van der Waals surface area contributed by atoms with E-state index in [2.05, 4.69) is 4.90 Å². The first-order valence-electron chi connectivity index (χ1n) is 6.70. The minimum absolute atomic E-state index is 0.0816. The molecule has 2 aliphatic heterocycles. The van der Waals surface area contributed by atoms with Crippen LogP contribution < -0.4 is 9.64 Å². The Hall–Kier alpha value is -1.62. The molecule has 102 valence electrons. The Morgan fingerprint density at radius 3 is 2.79 bits per heavy atom. The molecule has 1 fully saturated rings. The SMILES string of the molecule is O=C1COc2c(F)cccc2N1CN1CCCCC1. The lowest BCUT2D eigenvalue weighted by molar-refractivity contribution is -0.121. The van der Waals surface area contributed by atoms with Crippen molar-refractivity contribution in [2.75, 3.05) is 31.3 Å². The molecule has 0 radical (unpaired) electrons. The number of para-hydroxylation sites is 1. The largest absolute Gasteiger partial charge is 0.478 e. The van der Waals surface area contributed by atoms with Gasteiger partial charge >= 0.3 is 0 Å². The summed E-state index contributed by atoms with van der Waals surface area (Å²) in [7, 11) is 0. The van der Waals surface area contributed by atoms with Gasteiger partial charge in [-0.3, -0.25) is 14.6 Å². The summed E-state index contributed by atoms with van der Waals surface area (Å²) in [5.74, 6) is -0.323. The van der Waals surface area contributed by atoms with Crippen LogP contribution in [0.3, 0.4) is 0 Å². The maximum Gasteiger partial charge on any atom is 0.266 e. The molecule has 0 aliphatic carbocycles. The molecule has 2 heterocycles. The van der Waals surface area contributed by atoms with E-state index in [4.69, 9.17) is 4.74 Å². The third-order valence-electron chi connectivity index (χ3n) is 3.67. The number of halogens is 1. The first-order chi connectivity index (χ1) is 9.25. The van der Waals surface area contributed by atoms with Gasteiger partial charge in [0.05, 0.1) is 12.4 Å². The second kappa shape index (κ2) is 5.17. The van der Waals surface area contributed by atoms with Gasteiger partial charge in [0.15, 0.2) is 18.2 Å². The Labute approximate surface area is 111 Å². The standard InChI is InChI=1S/C14H17FN2O2/c15-11-5-4-6-12-14(11)19-9-13(18)17(12)10-16-7-2-1-3-8-16/h4-6H,1-3,7-10H2. The van der Waals surface area contributed by atoms with Crippen LogP contribution in [0.15, 0.2) is 18.2 Å². The highest BCUT2D eigenvalue weighted by atomic mass is 19.1. The maximum absolute atomic E-state index is 13.7. The number of hydrogen-bond donors (Lipinski definition) is 0. The number of carbonyl (C=O) groups is 1. The van der Waals surface area contributed by atoms with Gasteiger partial charge in [0.1, 0.15) is 0 Å². The molecule has 1 aromatic carbocycles. The average Bonchev–Trinajstić information content (AvgIpc) is 2.43. The van der Waals surface area contributed by atoms with Crippen molar-refractivity contribution in [3.63, 3.8) is 0 Å². The minimum Gasteiger partial charge on any atom is -0.478 e. The van der Waals surface area contributed by atoms with Crippen molar-refractivity contribution in [2.45, 2.75) is 19.3 Å². The van der Waals surface area contributed by atoms with Gasteiger partial charge in [0.25, 0.3) is 5.91 Å². The van der Waals surface area contributed by atoms with E-state index >= 15 is 0 Å². The van der Waals surface area contributed by atoms with Gasteiger partial charge in [-0.15, -0.1) is 0 Å². The van der Waals surface area contributed by atoms with Gasteiger partial charge in [0, 0.05) is 0 Å².